The van der Waals surface area contributed by atoms with Crippen LogP contribution in [-0.2, 0) is 21.4 Å². The maximum atomic E-state index is 13.4. The zero-order valence-electron chi connectivity index (χ0n) is 21.9. The Kier molecular flexibility index (Phi) is 8.76. The van der Waals surface area contributed by atoms with Crippen LogP contribution in [0.5, 0.6) is 5.75 Å². The lowest BCUT2D eigenvalue weighted by molar-refractivity contribution is -0.119. The second kappa shape index (κ2) is 12.8. The number of fused-ring (bicyclic) bond motifs is 1. The fourth-order valence-electron chi connectivity index (χ4n) is 4.13. The molecular formula is C32H26BrN3O4S. The van der Waals surface area contributed by atoms with E-state index < -0.39 is 22.5 Å². The Morgan fingerprint density at radius 1 is 0.829 bits per heavy atom. The number of hydrazone groups is 1. The molecule has 5 rings (SSSR count). The highest BCUT2D eigenvalue weighted by molar-refractivity contribution is 9.10. The van der Waals surface area contributed by atoms with Crippen LogP contribution in [0, 0.1) is 0 Å². The quantitative estimate of drug-likeness (QED) is 0.141. The zero-order chi connectivity index (χ0) is 28.7. The first-order chi connectivity index (χ1) is 19.9. The molecule has 0 bridgehead atoms. The van der Waals surface area contributed by atoms with Gasteiger partial charge in [0.1, 0.15) is 18.9 Å². The van der Waals surface area contributed by atoms with Gasteiger partial charge < -0.3 is 4.74 Å². The van der Waals surface area contributed by atoms with Crippen molar-refractivity contribution in [3.05, 3.63) is 137 Å². The molecular weight excluding hydrogens is 602 g/mol. The van der Waals surface area contributed by atoms with E-state index in [9.17, 15) is 13.2 Å². The highest BCUT2D eigenvalue weighted by atomic mass is 79.9. The van der Waals surface area contributed by atoms with Crippen molar-refractivity contribution in [3.63, 3.8) is 0 Å². The molecule has 0 aromatic heterocycles. The third-order valence-corrected chi connectivity index (χ3v) is 8.55. The van der Waals surface area contributed by atoms with E-state index in [1.165, 1.54) is 29.1 Å². The van der Waals surface area contributed by atoms with Gasteiger partial charge in [-0.1, -0.05) is 70.5 Å². The van der Waals surface area contributed by atoms with E-state index in [2.05, 4.69) is 56.8 Å². The summed E-state index contributed by atoms with van der Waals surface area (Å²) in [4.78, 5) is 12.8. The molecule has 0 fully saturated rings. The molecule has 0 heterocycles. The highest BCUT2D eigenvalue weighted by Gasteiger charge is 2.27. The number of carbonyl (C=O) groups is 1. The summed E-state index contributed by atoms with van der Waals surface area (Å²) in [7, 11) is -3.99. The van der Waals surface area contributed by atoms with E-state index in [4.69, 9.17) is 4.74 Å². The number of nitrogens with one attached hydrogen (secondary N) is 1. The number of halogens is 1. The van der Waals surface area contributed by atoms with Crippen LogP contribution in [0.25, 0.3) is 10.8 Å². The summed E-state index contributed by atoms with van der Waals surface area (Å²) in [5.74, 6) is 0.120. The molecule has 206 valence electrons. The maximum absolute atomic E-state index is 13.4. The number of rotatable bonds is 10. The Balaban J connectivity index is 1.20. The van der Waals surface area contributed by atoms with Gasteiger partial charge in [0.25, 0.3) is 15.9 Å². The molecule has 5 aromatic rings. The van der Waals surface area contributed by atoms with E-state index >= 15 is 0 Å². The topological polar surface area (TPSA) is 88.1 Å². The third kappa shape index (κ3) is 7.19. The van der Waals surface area contributed by atoms with Gasteiger partial charge in [0, 0.05) is 4.47 Å². The fourth-order valence-corrected chi connectivity index (χ4v) is 5.84. The van der Waals surface area contributed by atoms with Gasteiger partial charge in [0.15, 0.2) is 0 Å². The molecule has 9 heteroatoms. The van der Waals surface area contributed by atoms with Crippen molar-refractivity contribution in [1.29, 1.82) is 0 Å². The molecule has 0 aliphatic heterocycles. The molecule has 0 unspecified atom stereocenters. The molecule has 0 spiro atoms. The van der Waals surface area contributed by atoms with Gasteiger partial charge in [0.2, 0.25) is 0 Å². The van der Waals surface area contributed by atoms with E-state index in [1.807, 2.05) is 36.4 Å². The summed E-state index contributed by atoms with van der Waals surface area (Å²) < 4.78 is 34.5. The molecule has 41 heavy (non-hydrogen) atoms. The van der Waals surface area contributed by atoms with Crippen LogP contribution >= 0.6 is 15.9 Å². The summed E-state index contributed by atoms with van der Waals surface area (Å²) in [5.41, 5.74) is 4.60. The average Bonchev–Trinajstić information content (AvgIpc) is 3.00. The minimum atomic E-state index is -3.99. The van der Waals surface area contributed by atoms with Crippen molar-refractivity contribution in [2.75, 3.05) is 10.8 Å². The molecule has 5 aromatic carbocycles. The third-order valence-electron chi connectivity index (χ3n) is 6.24. The number of nitrogens with zero attached hydrogens (tertiary/aromatic N) is 2. The molecule has 1 N–H and O–H groups in total. The first kappa shape index (κ1) is 28.1. The largest absolute Gasteiger partial charge is 0.489 e. The Morgan fingerprint density at radius 3 is 2.24 bits per heavy atom. The highest BCUT2D eigenvalue weighted by Crippen LogP contribution is 2.25. The van der Waals surface area contributed by atoms with Crippen LogP contribution in [0.1, 0.15) is 11.1 Å². The van der Waals surface area contributed by atoms with Crippen LogP contribution in [-0.4, -0.2) is 27.1 Å². The monoisotopic (exact) mass is 627 g/mol. The first-order valence-corrected chi connectivity index (χ1v) is 15.0. The van der Waals surface area contributed by atoms with Crippen LogP contribution in [0.2, 0.25) is 0 Å². The lowest BCUT2D eigenvalue weighted by atomic mass is 10.1. The number of ether oxygens (including phenoxy) is 1. The summed E-state index contributed by atoms with van der Waals surface area (Å²) >= 11 is 3.35. The number of hydrogen-bond donors (Lipinski definition) is 1. The first-order valence-electron chi connectivity index (χ1n) is 12.7. The Bertz CT molecular complexity index is 1780. The van der Waals surface area contributed by atoms with Crippen LogP contribution in [0.15, 0.2) is 136 Å². The fraction of sp³-hybridized carbons (Fsp3) is 0.0625. The van der Waals surface area contributed by atoms with Gasteiger partial charge in [-0.2, -0.15) is 5.10 Å². The maximum Gasteiger partial charge on any atom is 0.264 e. The van der Waals surface area contributed by atoms with E-state index in [0.29, 0.717) is 18.0 Å². The van der Waals surface area contributed by atoms with Gasteiger partial charge >= 0.3 is 0 Å². The zero-order valence-corrected chi connectivity index (χ0v) is 24.3. The number of carbonyl (C=O) groups excluding carboxylic acids is 1. The van der Waals surface area contributed by atoms with Crippen molar-refractivity contribution in [2.24, 2.45) is 5.10 Å². The minimum absolute atomic E-state index is 0.0853. The lowest BCUT2D eigenvalue weighted by Gasteiger charge is -2.23. The number of hydrogen-bond acceptors (Lipinski definition) is 5. The predicted octanol–water partition coefficient (Wildman–Crippen LogP) is 6.53. The molecule has 7 nitrogen and oxygen atoms in total. The van der Waals surface area contributed by atoms with E-state index in [1.54, 1.807) is 42.5 Å². The summed E-state index contributed by atoms with van der Waals surface area (Å²) in [6, 6.07) is 36.4. The Morgan fingerprint density at radius 2 is 1.51 bits per heavy atom. The SMILES string of the molecule is O=C(CN(c1ccc(Br)cc1)S(=O)(=O)c1ccccc1)N/N=C\c1ccc(OCc2ccc3ccccc3c2)cc1. The molecule has 0 radical (unpaired) electrons. The van der Waals surface area contributed by atoms with Crippen molar-refractivity contribution >= 4 is 54.5 Å². The average molecular weight is 629 g/mol. The van der Waals surface area contributed by atoms with Gasteiger partial charge in [-0.15, -0.1) is 0 Å². The molecule has 0 saturated carbocycles. The van der Waals surface area contributed by atoms with Gasteiger partial charge in [-0.05, 0) is 88.6 Å². The number of anilines is 1. The summed E-state index contributed by atoms with van der Waals surface area (Å²) in [5, 5.41) is 6.37. The standard InChI is InChI=1S/C32H26BrN3O4S/c33-28-14-16-29(17-15-28)36(41(38,39)31-8-2-1-3-9-31)22-32(37)35-34-21-24-11-18-30(19-12-24)40-23-25-10-13-26-6-4-5-7-27(26)20-25/h1-21H,22-23H2,(H,35,37)/b34-21-. The normalized spacial score (nSPS) is 11.4. The second-order valence-corrected chi connectivity index (χ2v) is 11.9. The molecule has 0 aliphatic carbocycles. The van der Waals surface area contributed by atoms with Crippen molar-refractivity contribution in [1.82, 2.24) is 5.43 Å². The van der Waals surface area contributed by atoms with Crippen LogP contribution < -0.4 is 14.5 Å². The number of sulfonamides is 1. The van der Waals surface area contributed by atoms with E-state index in [0.717, 1.165) is 19.9 Å². The summed E-state index contributed by atoms with van der Waals surface area (Å²) in [6.45, 7) is -0.00711. The number of benzene rings is 5. The molecule has 0 saturated heterocycles. The second-order valence-electron chi connectivity index (χ2n) is 9.13. The van der Waals surface area contributed by atoms with Gasteiger partial charge in [0.05, 0.1) is 16.8 Å². The van der Waals surface area contributed by atoms with Crippen molar-refractivity contribution < 1.29 is 17.9 Å². The molecule has 1 amide bonds. The Labute approximate surface area is 247 Å². The van der Waals surface area contributed by atoms with E-state index in [-0.39, 0.29) is 4.90 Å². The Hall–Kier alpha value is -4.47. The lowest BCUT2D eigenvalue weighted by Crippen LogP contribution is -2.39. The van der Waals surface area contributed by atoms with Gasteiger partial charge in [-0.3, -0.25) is 9.10 Å². The number of amides is 1. The predicted molar refractivity (Wildman–Crippen MR) is 166 cm³/mol. The van der Waals surface area contributed by atoms with Crippen LogP contribution in [0.4, 0.5) is 5.69 Å². The smallest absolute Gasteiger partial charge is 0.264 e. The summed E-state index contributed by atoms with van der Waals surface area (Å²) in [6.07, 6.45) is 1.49. The van der Waals surface area contributed by atoms with Crippen molar-refractivity contribution in [2.45, 2.75) is 11.5 Å². The van der Waals surface area contributed by atoms with Crippen molar-refractivity contribution in [3.8, 4) is 5.75 Å². The van der Waals surface area contributed by atoms with Gasteiger partial charge in [-0.25, -0.2) is 13.8 Å². The molecule has 0 aliphatic rings. The minimum Gasteiger partial charge on any atom is -0.489 e. The van der Waals surface area contributed by atoms with Crippen LogP contribution in [0.3, 0.4) is 0 Å². The molecule has 0 atom stereocenters.